The van der Waals surface area contributed by atoms with E-state index in [2.05, 4.69) is 56.6 Å². The molecule has 3 saturated heterocycles. The normalized spacial score (nSPS) is 30.5. The highest BCUT2D eigenvalue weighted by atomic mass is 16.7. The van der Waals surface area contributed by atoms with Gasteiger partial charge in [0.15, 0.2) is 18.9 Å². The predicted octanol–water partition coefficient (Wildman–Crippen LogP) is -1.04. The van der Waals surface area contributed by atoms with Crippen molar-refractivity contribution in [3.63, 3.8) is 0 Å². The summed E-state index contributed by atoms with van der Waals surface area (Å²) in [6.45, 7) is 13.0. The zero-order valence-corrected chi connectivity index (χ0v) is 75.4. The first-order valence-electron chi connectivity index (χ1n) is 45.9. The topological polar surface area (TPSA) is 541 Å². The summed E-state index contributed by atoms with van der Waals surface area (Å²) in [6.07, 6.45) is -3.93. The fraction of sp³-hybridized carbons (Fsp3) is 0.931. The number of carbonyl (C=O) groups excluding carboxylic acids is 4. The molecule has 740 valence electrons. The molecule has 0 aromatic heterocycles. The smallest absolute Gasteiger partial charge is 0.325 e. The van der Waals surface area contributed by atoms with E-state index in [4.69, 9.17) is 99.5 Å². The third-order valence-electron chi connectivity index (χ3n) is 25.2. The van der Waals surface area contributed by atoms with Crippen LogP contribution in [0.5, 0.6) is 0 Å². The lowest BCUT2D eigenvalue weighted by Gasteiger charge is -2.58. The van der Waals surface area contributed by atoms with E-state index in [0.717, 1.165) is 49.4 Å². The van der Waals surface area contributed by atoms with E-state index in [1.165, 1.54) is 50.5 Å². The first-order chi connectivity index (χ1) is 61.3. The number of aliphatic hydroxyl groups excluding tert-OH is 12. The Morgan fingerprint density at radius 2 is 0.827 bits per heavy atom. The second-order valence-corrected chi connectivity index (χ2v) is 35.0. The fourth-order valence-corrected chi connectivity index (χ4v) is 18.2. The first kappa shape index (κ1) is 110. The van der Waals surface area contributed by atoms with E-state index in [9.17, 15) is 80.5 Å². The van der Waals surface area contributed by atoms with Crippen LogP contribution in [-0.4, -0.2) is 414 Å². The van der Waals surface area contributed by atoms with Gasteiger partial charge >= 0.3 is 5.97 Å². The zero-order chi connectivity index (χ0) is 91.8. The third kappa shape index (κ3) is 37.9. The Morgan fingerprint density at radius 3 is 1.26 bits per heavy atom. The SMILES string of the molecule is CC(C)CCC[C@@H](C)[C@H]1CC[C@H]2C3CC=C4C[C@@H](OC(=O)CNC(=O)CCCCC(=O)NCC(=O)NC(COCCCCOCCOCCOCCO[C@H]5O[C@H](CO)[C@H](O)[C@H](O)[C@H]5O)(COCOCCOCCOCCOCCO[C@@H]5O[C@H](CO)[C@H](O)[C@H](O)[C@H]5O)COCOCCOCCOCCOCCO[C@@H]5O[C@H](CO)[C@H](O)[C@H](O)[C@H]5O)CC[C@]4(C)[C@H]3CC[C@]12C. The molecule has 1 unspecified atom stereocenters. The Morgan fingerprint density at radius 1 is 0.425 bits per heavy atom. The van der Waals surface area contributed by atoms with E-state index < -0.39 is 142 Å². The number of hydrogen-bond donors (Lipinski definition) is 15. The van der Waals surface area contributed by atoms with Crippen LogP contribution in [0.4, 0.5) is 0 Å². The number of carbonyl (C=O) groups is 4. The van der Waals surface area contributed by atoms with Crippen molar-refractivity contribution >= 4 is 23.7 Å². The van der Waals surface area contributed by atoms with Crippen molar-refractivity contribution in [1.82, 2.24) is 16.0 Å². The molecule has 7 aliphatic rings. The summed E-state index contributed by atoms with van der Waals surface area (Å²) < 4.78 is 118. The van der Waals surface area contributed by atoms with Crippen molar-refractivity contribution in [2.45, 2.75) is 248 Å². The first-order valence-corrected chi connectivity index (χ1v) is 45.9. The lowest BCUT2D eigenvalue weighted by atomic mass is 9.47. The number of esters is 1. The van der Waals surface area contributed by atoms with Gasteiger partial charge in [0.2, 0.25) is 17.7 Å². The molecule has 4 aliphatic carbocycles. The molecular weight excluding hydrogens is 1680 g/mol. The molecule has 3 aliphatic heterocycles. The molecule has 40 nitrogen and oxygen atoms in total. The van der Waals surface area contributed by atoms with Crippen LogP contribution in [0.25, 0.3) is 0 Å². The summed E-state index contributed by atoms with van der Waals surface area (Å²) in [5.74, 6) is 2.52. The maximum Gasteiger partial charge on any atom is 0.325 e. The van der Waals surface area contributed by atoms with Crippen LogP contribution in [0.15, 0.2) is 11.6 Å². The van der Waals surface area contributed by atoms with Crippen LogP contribution in [0, 0.1) is 46.3 Å². The van der Waals surface area contributed by atoms with Gasteiger partial charge in [0.25, 0.3) is 0 Å². The second kappa shape index (κ2) is 61.4. The van der Waals surface area contributed by atoms with Crippen molar-refractivity contribution in [2.24, 2.45) is 46.3 Å². The summed E-state index contributed by atoms with van der Waals surface area (Å²) in [7, 11) is 0. The minimum absolute atomic E-state index is 0.00438. The zero-order valence-electron chi connectivity index (χ0n) is 75.4. The summed E-state index contributed by atoms with van der Waals surface area (Å²) in [5.41, 5.74) is 0.537. The average molecular weight is 1840 g/mol. The van der Waals surface area contributed by atoms with Gasteiger partial charge in [-0.25, -0.2) is 0 Å². The number of rotatable bonds is 70. The number of fused-ring (bicyclic) bond motifs is 5. The van der Waals surface area contributed by atoms with Crippen LogP contribution in [0.3, 0.4) is 0 Å². The van der Waals surface area contributed by atoms with E-state index in [1.807, 2.05) is 0 Å². The summed E-state index contributed by atoms with van der Waals surface area (Å²) in [4.78, 5) is 53.5. The van der Waals surface area contributed by atoms with E-state index in [-0.39, 0.29) is 222 Å². The Labute approximate surface area is 747 Å². The van der Waals surface area contributed by atoms with Gasteiger partial charge in [0.05, 0.1) is 192 Å². The van der Waals surface area contributed by atoms with Crippen molar-refractivity contribution in [3.05, 3.63) is 11.6 Å². The van der Waals surface area contributed by atoms with E-state index >= 15 is 0 Å². The maximum atomic E-state index is 14.0. The number of aliphatic hydroxyl groups is 12. The molecule has 40 heteroatoms. The highest BCUT2D eigenvalue weighted by Gasteiger charge is 2.60. The molecule has 0 bridgehead atoms. The minimum Gasteiger partial charge on any atom is -0.461 e. The average Bonchev–Trinajstić information content (AvgIpc) is 1.63. The molecule has 0 radical (unpaired) electrons. The van der Waals surface area contributed by atoms with Gasteiger partial charge < -0.3 is 177 Å². The fourth-order valence-electron chi connectivity index (χ4n) is 18.2. The monoisotopic (exact) mass is 1830 g/mol. The van der Waals surface area contributed by atoms with Gasteiger partial charge in [0, 0.05) is 32.5 Å². The van der Waals surface area contributed by atoms with Crippen molar-refractivity contribution < 1.29 is 180 Å². The van der Waals surface area contributed by atoms with Crippen LogP contribution in [0.1, 0.15) is 144 Å². The number of allylic oxidation sites excluding steroid dienone is 1. The lowest BCUT2D eigenvalue weighted by Crippen LogP contribution is -2.60. The van der Waals surface area contributed by atoms with Crippen molar-refractivity contribution in [1.29, 1.82) is 0 Å². The van der Waals surface area contributed by atoms with Crippen molar-refractivity contribution in [2.75, 3.05) is 225 Å². The van der Waals surface area contributed by atoms with E-state index in [1.54, 1.807) is 0 Å². The Hall–Kier alpha value is -3.66. The molecule has 6 fully saturated rings. The Bertz CT molecular complexity index is 2830. The minimum atomic E-state index is -1.56. The Kier molecular flexibility index (Phi) is 53.3. The van der Waals surface area contributed by atoms with E-state index in [0.29, 0.717) is 49.5 Å². The maximum absolute atomic E-state index is 14.0. The third-order valence-corrected chi connectivity index (χ3v) is 25.2. The molecule has 0 aromatic rings. The van der Waals surface area contributed by atoms with Crippen LogP contribution >= 0.6 is 0 Å². The molecule has 15 N–H and O–H groups in total. The summed E-state index contributed by atoms with van der Waals surface area (Å²) >= 11 is 0. The lowest BCUT2D eigenvalue weighted by molar-refractivity contribution is -0.302. The number of unbranched alkanes of at least 4 members (excludes halogenated alkanes) is 2. The molecule has 7 rings (SSSR count). The standard InChI is InChI=1S/C87H155N3O37/c1-58(2)11-10-12-59(3)63-17-18-64-62-16-15-60-47-61(19-21-85(60,4)65(62)20-22-86(63,64)5)124-72(97)49-89-70(95)14-7-6-13-69(94)88-48-71(96)90-87(53-116-24-9-8-23-107-25-26-108-31-34-113-41-44-121-82-79(104)76(101)73(98)66(50-91)125-82,54-119-56-117-39-37-111-29-27-109-32-35-114-42-45-122-83-80(105)77(102)74(99)67(51-92)126-83)55-120-57-118-40-38-112-30-28-110-33-36-115-43-46-123-84-81(106)78(103)75(100)68(52-93)127-84/h15,58-59,61-68,73-84,91-93,98-106H,6-14,16-57H2,1-5H3,(H,88,94)(H,89,95)(H,90,96)/t59-,61+,62?,63-,64+,65+,66-,67-,68-,73+,74+,75+,76+,77+,78+,79-,80-,81-,82+,83-,84-,85+,86-/m1/s1. The molecule has 23 atom stereocenters. The van der Waals surface area contributed by atoms with Gasteiger partial charge in [-0.2, -0.15) is 0 Å². The molecule has 3 amide bonds. The summed E-state index contributed by atoms with van der Waals surface area (Å²) in [5, 5.41) is 127. The number of amides is 3. The molecule has 127 heavy (non-hydrogen) atoms. The molecule has 3 saturated carbocycles. The number of ether oxygens (including phenoxy) is 21. The largest absolute Gasteiger partial charge is 0.461 e. The Balaban J connectivity index is 0.824. The van der Waals surface area contributed by atoms with Gasteiger partial charge in [-0.3, -0.25) is 19.2 Å². The van der Waals surface area contributed by atoms with Gasteiger partial charge in [-0.1, -0.05) is 65.5 Å². The van der Waals surface area contributed by atoms with Crippen LogP contribution in [0.2, 0.25) is 0 Å². The number of hydrogen-bond acceptors (Lipinski definition) is 37. The van der Waals surface area contributed by atoms with Crippen LogP contribution in [-0.2, 0) is 119 Å². The molecule has 0 spiro atoms. The van der Waals surface area contributed by atoms with Crippen molar-refractivity contribution in [3.8, 4) is 0 Å². The van der Waals surface area contributed by atoms with Gasteiger partial charge in [-0.05, 0) is 117 Å². The molecule has 3 heterocycles. The molecule has 0 aromatic carbocycles. The highest BCUT2D eigenvalue weighted by Crippen LogP contribution is 2.67. The quantitative estimate of drug-likeness (QED) is 0.0150. The number of nitrogens with one attached hydrogen (secondary N) is 3. The van der Waals surface area contributed by atoms with Gasteiger partial charge in [0.1, 0.15) is 105 Å². The predicted molar refractivity (Wildman–Crippen MR) is 448 cm³/mol. The van der Waals surface area contributed by atoms with Crippen LogP contribution < -0.4 is 16.0 Å². The van der Waals surface area contributed by atoms with Gasteiger partial charge in [-0.15, -0.1) is 0 Å². The second-order valence-electron chi connectivity index (χ2n) is 35.0. The summed E-state index contributed by atoms with van der Waals surface area (Å²) in [6, 6.07) is 0. The molecular formula is C87H155N3O37. The highest BCUT2D eigenvalue weighted by molar-refractivity contribution is 5.85.